The van der Waals surface area contributed by atoms with Gasteiger partial charge in [0.1, 0.15) is 6.04 Å². The molecule has 0 amide bonds. The van der Waals surface area contributed by atoms with Gasteiger partial charge in [-0.1, -0.05) is 11.8 Å². The molecule has 1 atom stereocenters. The predicted molar refractivity (Wildman–Crippen MR) is 50.4 cm³/mol. The van der Waals surface area contributed by atoms with Gasteiger partial charge in [0.05, 0.1) is 12.1 Å². The molecule has 1 aliphatic carbocycles. The zero-order valence-corrected chi connectivity index (χ0v) is 8.31. The van der Waals surface area contributed by atoms with Crippen LogP contribution in [-0.4, -0.2) is 32.0 Å². The molecule has 1 unspecified atom stereocenters. The lowest BCUT2D eigenvalue weighted by Crippen LogP contribution is -2.20. The Labute approximate surface area is 85.5 Å². The Morgan fingerprint density at radius 2 is 2.50 bits per heavy atom. The first kappa shape index (κ1) is 9.43. The van der Waals surface area contributed by atoms with Gasteiger partial charge in [-0.25, -0.2) is 4.68 Å². The fourth-order valence-corrected chi connectivity index (χ4v) is 1.85. The topological polar surface area (TPSA) is 93.4 Å². The molecule has 7 heteroatoms. The Hall–Kier alpha value is -1.13. The lowest BCUT2D eigenvalue weighted by molar-refractivity contribution is 0.565. The molecule has 1 aromatic heterocycles. The molecule has 1 fully saturated rings. The average molecular weight is 210 g/mol. The van der Waals surface area contributed by atoms with Crippen LogP contribution >= 0.6 is 11.8 Å². The Kier molecular flexibility index (Phi) is 2.65. The molecule has 0 aliphatic heterocycles. The van der Waals surface area contributed by atoms with Crippen molar-refractivity contribution in [3.63, 3.8) is 0 Å². The number of rotatable bonds is 4. The van der Waals surface area contributed by atoms with Gasteiger partial charge >= 0.3 is 0 Å². The number of thioether (sulfide) groups is 1. The largest absolute Gasteiger partial charge is 0.315 e. The smallest absolute Gasteiger partial charge is 0.209 e. The monoisotopic (exact) mass is 210 g/mol. The molecule has 1 aromatic rings. The lowest BCUT2D eigenvalue weighted by atomic mass is 10.4. The fraction of sp³-hybridized carbons (Fsp3) is 0.714. The van der Waals surface area contributed by atoms with E-state index in [1.807, 2.05) is 10.8 Å². The average Bonchev–Trinajstić information content (AvgIpc) is 2.94. The SMILES string of the molecule is N#CC(N)CSc1nnnn1C1CC1. The minimum absolute atomic E-state index is 0.454. The third-order valence-electron chi connectivity index (χ3n) is 1.91. The Bertz CT molecular complexity index is 351. The van der Waals surface area contributed by atoms with E-state index in [1.54, 1.807) is 0 Å². The van der Waals surface area contributed by atoms with Crippen molar-refractivity contribution in [1.29, 1.82) is 5.26 Å². The highest BCUT2D eigenvalue weighted by atomic mass is 32.2. The van der Waals surface area contributed by atoms with Crippen LogP contribution in [0.1, 0.15) is 18.9 Å². The summed E-state index contributed by atoms with van der Waals surface area (Å²) in [6.07, 6.45) is 2.28. The van der Waals surface area contributed by atoms with Crippen molar-refractivity contribution in [3.05, 3.63) is 0 Å². The molecule has 1 saturated carbocycles. The highest BCUT2D eigenvalue weighted by Crippen LogP contribution is 2.36. The van der Waals surface area contributed by atoms with Crippen LogP contribution in [0.3, 0.4) is 0 Å². The van der Waals surface area contributed by atoms with Crippen LogP contribution in [0, 0.1) is 11.3 Å². The summed E-state index contributed by atoms with van der Waals surface area (Å²) in [6.45, 7) is 0. The highest BCUT2D eigenvalue weighted by Gasteiger charge is 2.27. The van der Waals surface area contributed by atoms with Crippen molar-refractivity contribution >= 4 is 11.8 Å². The second kappa shape index (κ2) is 3.94. The van der Waals surface area contributed by atoms with E-state index in [0.717, 1.165) is 18.0 Å². The van der Waals surface area contributed by atoms with Crippen molar-refractivity contribution in [2.45, 2.75) is 30.1 Å². The Morgan fingerprint density at radius 3 is 3.14 bits per heavy atom. The minimum Gasteiger partial charge on any atom is -0.315 e. The van der Waals surface area contributed by atoms with Crippen LogP contribution in [0.15, 0.2) is 5.16 Å². The summed E-state index contributed by atoms with van der Waals surface area (Å²) in [7, 11) is 0. The summed E-state index contributed by atoms with van der Waals surface area (Å²) < 4.78 is 1.81. The zero-order chi connectivity index (χ0) is 9.97. The van der Waals surface area contributed by atoms with Crippen LogP contribution in [0.4, 0.5) is 0 Å². The van der Waals surface area contributed by atoms with Crippen LogP contribution in [0.25, 0.3) is 0 Å². The van der Waals surface area contributed by atoms with E-state index in [9.17, 15) is 0 Å². The number of nitriles is 1. The molecule has 0 aromatic carbocycles. The van der Waals surface area contributed by atoms with Gasteiger partial charge in [0.2, 0.25) is 5.16 Å². The van der Waals surface area contributed by atoms with Crippen LogP contribution in [0.5, 0.6) is 0 Å². The Morgan fingerprint density at radius 1 is 1.71 bits per heavy atom. The predicted octanol–water partition coefficient (Wildman–Crippen LogP) is -0.0490. The number of hydrogen-bond acceptors (Lipinski definition) is 6. The maximum absolute atomic E-state index is 8.51. The van der Waals surface area contributed by atoms with Crippen molar-refractivity contribution < 1.29 is 0 Å². The summed E-state index contributed by atoms with van der Waals surface area (Å²) in [5.74, 6) is 0.531. The number of tetrazole rings is 1. The maximum atomic E-state index is 8.51. The van der Waals surface area contributed by atoms with Crippen LogP contribution in [0.2, 0.25) is 0 Å². The first-order chi connectivity index (χ1) is 6.81. The zero-order valence-electron chi connectivity index (χ0n) is 7.50. The second-order valence-corrected chi connectivity index (χ2v) is 4.17. The van der Waals surface area contributed by atoms with Gasteiger partial charge < -0.3 is 5.73 Å². The molecular formula is C7H10N6S. The van der Waals surface area contributed by atoms with Crippen LogP contribution in [-0.2, 0) is 0 Å². The number of hydrogen-bond donors (Lipinski definition) is 1. The molecule has 14 heavy (non-hydrogen) atoms. The van der Waals surface area contributed by atoms with Gasteiger partial charge in [-0.05, 0) is 23.3 Å². The molecule has 74 valence electrons. The first-order valence-corrected chi connectivity index (χ1v) is 5.35. The third-order valence-corrected chi connectivity index (χ3v) is 2.97. The summed E-state index contributed by atoms with van der Waals surface area (Å²) in [6, 6.07) is 1.98. The van der Waals surface area contributed by atoms with Crippen molar-refractivity contribution in [2.75, 3.05) is 5.75 Å². The van der Waals surface area contributed by atoms with Crippen molar-refractivity contribution in [3.8, 4) is 6.07 Å². The molecule has 0 saturated heterocycles. The summed E-state index contributed by atoms with van der Waals surface area (Å²) >= 11 is 1.43. The highest BCUT2D eigenvalue weighted by molar-refractivity contribution is 7.99. The molecule has 2 rings (SSSR count). The molecule has 1 aliphatic rings. The lowest BCUT2D eigenvalue weighted by Gasteiger charge is -2.02. The van der Waals surface area contributed by atoms with Gasteiger partial charge in [-0.15, -0.1) is 5.10 Å². The minimum atomic E-state index is -0.454. The summed E-state index contributed by atoms with van der Waals surface area (Å²) in [4.78, 5) is 0. The van der Waals surface area contributed by atoms with E-state index in [2.05, 4.69) is 15.5 Å². The quantitative estimate of drug-likeness (QED) is 0.700. The molecule has 1 heterocycles. The van der Waals surface area contributed by atoms with Crippen LogP contribution < -0.4 is 5.73 Å². The molecule has 0 radical (unpaired) electrons. The molecule has 0 bridgehead atoms. The summed E-state index contributed by atoms with van der Waals surface area (Å²) in [5, 5.41) is 20.7. The number of nitrogens with two attached hydrogens (primary N) is 1. The van der Waals surface area contributed by atoms with Crippen molar-refractivity contribution in [1.82, 2.24) is 20.2 Å². The first-order valence-electron chi connectivity index (χ1n) is 4.37. The van der Waals surface area contributed by atoms with Gasteiger partial charge in [-0.2, -0.15) is 5.26 Å². The van der Waals surface area contributed by atoms with Gasteiger partial charge in [0.15, 0.2) is 0 Å². The Balaban J connectivity index is 1.95. The van der Waals surface area contributed by atoms with E-state index in [1.165, 1.54) is 11.8 Å². The third kappa shape index (κ3) is 2.02. The van der Waals surface area contributed by atoms with E-state index < -0.39 is 6.04 Å². The van der Waals surface area contributed by atoms with E-state index in [4.69, 9.17) is 11.0 Å². The molecule has 2 N–H and O–H groups in total. The van der Waals surface area contributed by atoms with E-state index in [-0.39, 0.29) is 0 Å². The van der Waals surface area contributed by atoms with Crippen molar-refractivity contribution in [2.24, 2.45) is 5.73 Å². The molecule has 6 nitrogen and oxygen atoms in total. The van der Waals surface area contributed by atoms with Gasteiger partial charge in [0, 0.05) is 5.75 Å². The number of nitrogens with zero attached hydrogens (tertiary/aromatic N) is 5. The standard InChI is InChI=1S/C7H10N6S/c8-3-5(9)4-14-7-10-11-12-13(7)6-1-2-6/h5-6H,1-2,4,9H2. The molecule has 0 spiro atoms. The van der Waals surface area contributed by atoms with Gasteiger partial charge in [-0.3, -0.25) is 0 Å². The maximum Gasteiger partial charge on any atom is 0.209 e. The molecular weight excluding hydrogens is 200 g/mol. The number of aromatic nitrogens is 4. The normalized spacial score (nSPS) is 17.7. The van der Waals surface area contributed by atoms with E-state index >= 15 is 0 Å². The fourth-order valence-electron chi connectivity index (χ4n) is 1.03. The second-order valence-electron chi connectivity index (χ2n) is 3.18. The summed E-state index contributed by atoms with van der Waals surface area (Å²) in [5.41, 5.74) is 5.47. The van der Waals surface area contributed by atoms with E-state index in [0.29, 0.717) is 11.8 Å². The van der Waals surface area contributed by atoms with Gasteiger partial charge in [0.25, 0.3) is 0 Å².